The normalized spacial score (nSPS) is 15.5. The van der Waals surface area contributed by atoms with Gasteiger partial charge in [0.25, 0.3) is 17.5 Å². The van der Waals surface area contributed by atoms with Crippen LogP contribution in [0, 0.1) is 6.92 Å². The van der Waals surface area contributed by atoms with Gasteiger partial charge in [-0.3, -0.25) is 9.59 Å². The number of aromatic nitrogens is 2. The van der Waals surface area contributed by atoms with Crippen LogP contribution in [-0.2, 0) is 17.8 Å². The Balaban J connectivity index is 0.00000106. The summed E-state index contributed by atoms with van der Waals surface area (Å²) in [5, 5.41) is 8.80. The first-order valence-electron chi connectivity index (χ1n) is 11.8. The summed E-state index contributed by atoms with van der Waals surface area (Å²) in [6.45, 7) is 5.33. The van der Waals surface area contributed by atoms with E-state index in [0.717, 1.165) is 18.9 Å². The number of carbonyl (C=O) groups is 1. The van der Waals surface area contributed by atoms with Crippen molar-refractivity contribution < 1.29 is 18.7 Å². The van der Waals surface area contributed by atoms with Crippen LogP contribution in [0.5, 0.6) is 0 Å². The highest BCUT2D eigenvalue weighted by Gasteiger charge is 2.35. The molecule has 11 heteroatoms. The van der Waals surface area contributed by atoms with E-state index in [1.807, 2.05) is 19.1 Å². The smallest absolute Gasteiger partial charge is 0.300 e. The van der Waals surface area contributed by atoms with Crippen molar-refractivity contribution in [1.82, 2.24) is 14.6 Å². The van der Waals surface area contributed by atoms with E-state index in [1.54, 1.807) is 41.8 Å². The van der Waals surface area contributed by atoms with Crippen LogP contribution in [0.1, 0.15) is 50.1 Å². The van der Waals surface area contributed by atoms with E-state index in [2.05, 4.69) is 4.98 Å². The van der Waals surface area contributed by atoms with Gasteiger partial charge in [0.2, 0.25) is 0 Å². The summed E-state index contributed by atoms with van der Waals surface area (Å²) >= 11 is 0. The minimum Gasteiger partial charge on any atom is -0.481 e. The Morgan fingerprint density at radius 3 is 2.53 bits per heavy atom. The Kier molecular flexibility index (Phi) is 9.97. The van der Waals surface area contributed by atoms with Crippen LogP contribution in [-0.4, -0.2) is 51.7 Å². The van der Waals surface area contributed by atoms with Gasteiger partial charge in [0.05, 0.1) is 41.6 Å². The second-order valence-corrected chi connectivity index (χ2v) is 8.89. The second-order valence-electron chi connectivity index (χ2n) is 8.89. The number of nitrogens with two attached hydrogens (primary N) is 2. The first-order chi connectivity index (χ1) is 16.9. The second kappa shape index (κ2) is 12.5. The van der Waals surface area contributed by atoms with E-state index in [1.165, 1.54) is 5.01 Å². The number of aryl methyl sites for hydroxylation is 2. The Labute approximate surface area is 210 Å². The lowest BCUT2D eigenvalue weighted by atomic mass is 10.1. The van der Waals surface area contributed by atoms with Crippen LogP contribution in [0.15, 0.2) is 41.0 Å². The molecule has 0 amide bonds. The minimum atomic E-state index is -2.70. The Morgan fingerprint density at radius 2 is 1.97 bits per heavy atom. The SMILES string of the molecule is CC(=O)O.CCCc1cccn(C/C(=C(/N)c2ccc(N3CCCC(F)(F)C3)c(C)n2)N(C)N)c1=O. The highest BCUT2D eigenvalue weighted by Crippen LogP contribution is 2.31. The van der Waals surface area contributed by atoms with Gasteiger partial charge in [0, 0.05) is 38.7 Å². The monoisotopic (exact) mass is 506 g/mol. The van der Waals surface area contributed by atoms with E-state index in [0.29, 0.717) is 47.9 Å². The van der Waals surface area contributed by atoms with Crippen molar-refractivity contribution in [1.29, 1.82) is 0 Å². The number of hydrogen-bond donors (Lipinski definition) is 3. The first-order valence-corrected chi connectivity index (χ1v) is 11.8. The summed E-state index contributed by atoms with van der Waals surface area (Å²) in [7, 11) is 1.65. The van der Waals surface area contributed by atoms with Crippen LogP contribution in [0.4, 0.5) is 14.5 Å². The molecule has 0 bridgehead atoms. The molecule has 198 valence electrons. The van der Waals surface area contributed by atoms with Gasteiger partial charge < -0.3 is 25.3 Å². The molecule has 2 aromatic heterocycles. The number of piperidine rings is 1. The molecule has 36 heavy (non-hydrogen) atoms. The summed E-state index contributed by atoms with van der Waals surface area (Å²) in [4.78, 5) is 28.0. The predicted octanol–water partition coefficient (Wildman–Crippen LogP) is 2.96. The largest absolute Gasteiger partial charge is 0.481 e. The van der Waals surface area contributed by atoms with E-state index < -0.39 is 11.9 Å². The van der Waals surface area contributed by atoms with Crippen molar-refractivity contribution >= 4 is 17.4 Å². The molecule has 9 nitrogen and oxygen atoms in total. The summed E-state index contributed by atoms with van der Waals surface area (Å²) < 4.78 is 29.3. The van der Waals surface area contributed by atoms with E-state index in [-0.39, 0.29) is 25.1 Å². The summed E-state index contributed by atoms with van der Waals surface area (Å²) in [5.41, 5.74) is 9.73. The average molecular weight is 507 g/mol. The lowest BCUT2D eigenvalue weighted by Gasteiger charge is -2.34. The minimum absolute atomic E-state index is 0.0768. The number of halogens is 2. The van der Waals surface area contributed by atoms with Crippen molar-refractivity contribution in [2.24, 2.45) is 11.6 Å². The number of hydrazine groups is 1. The standard InChI is InChI=1S/C23H32F2N6O.C2H4O2/c1-4-7-17-8-5-12-30(22(17)32)14-20(29(3)27)21(26)18-9-10-19(16(2)28-18)31-13-6-11-23(24,25)15-31;1-2(3)4/h5,8-10,12H,4,6-7,11,13-15,26-27H2,1-3H3;1H3,(H,3,4)/b21-20-;. The van der Waals surface area contributed by atoms with Gasteiger partial charge in [-0.05, 0) is 38.0 Å². The van der Waals surface area contributed by atoms with Gasteiger partial charge in [0.1, 0.15) is 0 Å². The maximum absolute atomic E-state index is 13.9. The van der Waals surface area contributed by atoms with E-state index in [4.69, 9.17) is 21.5 Å². The molecular weight excluding hydrogens is 470 g/mol. The topological polar surface area (TPSA) is 131 Å². The number of hydrogen-bond acceptors (Lipinski definition) is 7. The molecule has 0 atom stereocenters. The fourth-order valence-electron chi connectivity index (χ4n) is 4.08. The number of rotatable bonds is 7. The zero-order valence-corrected chi connectivity index (χ0v) is 21.3. The van der Waals surface area contributed by atoms with Crippen LogP contribution < -0.4 is 22.0 Å². The molecule has 0 spiro atoms. The maximum Gasteiger partial charge on any atom is 0.300 e. The molecule has 0 aromatic carbocycles. The molecule has 0 aliphatic carbocycles. The van der Waals surface area contributed by atoms with Crippen molar-refractivity contribution in [2.45, 2.75) is 58.9 Å². The highest BCUT2D eigenvalue weighted by atomic mass is 19.3. The highest BCUT2D eigenvalue weighted by molar-refractivity contribution is 5.65. The third-order valence-corrected chi connectivity index (χ3v) is 5.74. The Bertz CT molecular complexity index is 1140. The lowest BCUT2D eigenvalue weighted by molar-refractivity contribution is -0.134. The number of aliphatic carboxylic acids is 1. The number of likely N-dealkylation sites (N-methyl/N-ethyl adjacent to an activating group) is 1. The fraction of sp³-hybridized carbons (Fsp3) is 0.480. The number of alkyl halides is 2. The van der Waals surface area contributed by atoms with Gasteiger partial charge in [-0.2, -0.15) is 0 Å². The summed E-state index contributed by atoms with van der Waals surface area (Å²) in [6, 6.07) is 7.15. The third-order valence-electron chi connectivity index (χ3n) is 5.74. The quantitative estimate of drug-likeness (QED) is 0.386. The molecule has 1 fully saturated rings. The first kappa shape index (κ1) is 28.8. The molecule has 0 unspecified atom stereocenters. The number of anilines is 1. The van der Waals surface area contributed by atoms with Crippen molar-refractivity contribution in [2.75, 3.05) is 25.0 Å². The molecule has 2 aromatic rings. The average Bonchev–Trinajstić information content (AvgIpc) is 2.78. The predicted molar refractivity (Wildman–Crippen MR) is 136 cm³/mol. The van der Waals surface area contributed by atoms with Crippen molar-refractivity contribution in [3.63, 3.8) is 0 Å². The number of pyridine rings is 2. The van der Waals surface area contributed by atoms with E-state index >= 15 is 0 Å². The third kappa shape index (κ3) is 7.77. The molecule has 0 radical (unpaired) electrons. The van der Waals surface area contributed by atoms with Crippen LogP contribution in [0.2, 0.25) is 0 Å². The van der Waals surface area contributed by atoms with Gasteiger partial charge in [-0.25, -0.2) is 19.6 Å². The zero-order valence-electron chi connectivity index (χ0n) is 21.3. The Morgan fingerprint density at radius 1 is 1.31 bits per heavy atom. The molecule has 1 saturated heterocycles. The Hall–Kier alpha value is -3.47. The molecular formula is C25H36F2N6O3. The number of nitrogens with zero attached hydrogens (tertiary/aromatic N) is 4. The van der Waals surface area contributed by atoms with Crippen molar-refractivity contribution in [3.8, 4) is 0 Å². The zero-order chi connectivity index (χ0) is 27.0. The maximum atomic E-state index is 13.9. The molecule has 3 rings (SSSR count). The van der Waals surface area contributed by atoms with Crippen LogP contribution >= 0.6 is 0 Å². The molecule has 1 aliphatic heterocycles. The molecule has 3 heterocycles. The number of carboxylic acids is 1. The molecule has 0 saturated carbocycles. The van der Waals surface area contributed by atoms with Gasteiger partial charge in [0.15, 0.2) is 0 Å². The van der Waals surface area contributed by atoms with Gasteiger partial charge in [-0.15, -0.1) is 0 Å². The number of allylic oxidation sites excluding steroid dienone is 1. The van der Waals surface area contributed by atoms with Gasteiger partial charge >= 0.3 is 0 Å². The lowest BCUT2D eigenvalue weighted by Crippen LogP contribution is -2.43. The van der Waals surface area contributed by atoms with Gasteiger partial charge in [-0.1, -0.05) is 19.4 Å². The van der Waals surface area contributed by atoms with Crippen molar-refractivity contribution in [3.05, 3.63) is 63.5 Å². The summed E-state index contributed by atoms with van der Waals surface area (Å²) in [6.07, 6.45) is 3.62. The van der Waals surface area contributed by atoms with E-state index in [9.17, 15) is 13.6 Å². The molecule has 5 N–H and O–H groups in total. The van der Waals surface area contributed by atoms with Crippen LogP contribution in [0.25, 0.3) is 5.70 Å². The van der Waals surface area contributed by atoms with Crippen LogP contribution in [0.3, 0.4) is 0 Å². The summed E-state index contributed by atoms with van der Waals surface area (Å²) in [5.74, 6) is 2.51. The number of carboxylic acid groups (broad SMARTS) is 1. The molecule has 1 aliphatic rings. The fourth-order valence-corrected chi connectivity index (χ4v) is 4.08.